The van der Waals surface area contributed by atoms with Gasteiger partial charge in [0.15, 0.2) is 0 Å². The fourth-order valence-corrected chi connectivity index (χ4v) is 0.753. The monoisotopic (exact) mass is 141 g/mol. The van der Waals surface area contributed by atoms with Crippen LogP contribution in [-0.2, 0) is 7.05 Å². The first-order valence-corrected chi connectivity index (χ1v) is 3.23. The zero-order chi connectivity index (χ0) is 7.72. The highest BCUT2D eigenvalue weighted by molar-refractivity contribution is 4.69. The van der Waals surface area contributed by atoms with Gasteiger partial charge in [-0.3, -0.25) is 4.57 Å². The van der Waals surface area contributed by atoms with Gasteiger partial charge in [0.1, 0.15) is 6.33 Å². The minimum absolute atomic E-state index is 0.0602. The van der Waals surface area contributed by atoms with Crippen molar-refractivity contribution in [3.8, 4) is 0 Å². The van der Waals surface area contributed by atoms with Gasteiger partial charge in [-0.15, -0.1) is 0 Å². The molecule has 0 aliphatic carbocycles. The van der Waals surface area contributed by atoms with E-state index in [-0.39, 0.29) is 11.7 Å². The molecule has 0 saturated carbocycles. The molecule has 0 aliphatic heterocycles. The van der Waals surface area contributed by atoms with Gasteiger partial charge >= 0.3 is 5.69 Å². The quantitative estimate of drug-likeness (QED) is 0.559. The maximum absolute atomic E-state index is 11.1. The second-order valence-electron chi connectivity index (χ2n) is 2.54. The van der Waals surface area contributed by atoms with Crippen LogP contribution in [-0.4, -0.2) is 14.3 Å². The topological polar surface area (TPSA) is 39.8 Å². The maximum Gasteiger partial charge on any atom is 0.345 e. The number of aromatic nitrogens is 3. The standard InChI is InChI=1S/C6H11N3O/c1-5(2)9-4-7-8(3)6(9)10/h4-5H,1-3H3. The zero-order valence-electron chi connectivity index (χ0n) is 6.40. The molecule has 0 unspecified atom stereocenters. The second-order valence-corrected chi connectivity index (χ2v) is 2.54. The van der Waals surface area contributed by atoms with Crippen molar-refractivity contribution < 1.29 is 0 Å². The third kappa shape index (κ3) is 0.964. The van der Waals surface area contributed by atoms with Crippen molar-refractivity contribution in [2.75, 3.05) is 0 Å². The first-order chi connectivity index (χ1) is 4.63. The van der Waals surface area contributed by atoms with Crippen LogP contribution in [0.2, 0.25) is 0 Å². The molecule has 0 aromatic carbocycles. The summed E-state index contributed by atoms with van der Waals surface area (Å²) in [4.78, 5) is 11.1. The number of rotatable bonds is 1. The van der Waals surface area contributed by atoms with E-state index in [0.29, 0.717) is 0 Å². The Balaban J connectivity index is 3.18. The first-order valence-electron chi connectivity index (χ1n) is 3.23. The van der Waals surface area contributed by atoms with Gasteiger partial charge < -0.3 is 0 Å². The largest absolute Gasteiger partial charge is 0.345 e. The van der Waals surface area contributed by atoms with Gasteiger partial charge in [-0.2, -0.15) is 5.10 Å². The lowest BCUT2D eigenvalue weighted by Crippen LogP contribution is -2.23. The lowest BCUT2D eigenvalue weighted by Gasteiger charge is -2.00. The van der Waals surface area contributed by atoms with E-state index in [9.17, 15) is 4.79 Å². The number of aryl methyl sites for hydroxylation is 1. The Morgan fingerprint density at radius 3 is 2.40 bits per heavy atom. The minimum atomic E-state index is -0.0602. The average molecular weight is 141 g/mol. The van der Waals surface area contributed by atoms with Crippen molar-refractivity contribution >= 4 is 0 Å². The molecular weight excluding hydrogens is 130 g/mol. The highest BCUT2D eigenvalue weighted by Gasteiger charge is 2.02. The third-order valence-electron chi connectivity index (χ3n) is 1.40. The van der Waals surface area contributed by atoms with E-state index in [1.54, 1.807) is 17.9 Å². The Morgan fingerprint density at radius 1 is 1.60 bits per heavy atom. The predicted octanol–water partition coefficient (Wildman–Crippen LogP) is 0.163. The van der Waals surface area contributed by atoms with Gasteiger partial charge in [0.25, 0.3) is 0 Å². The Kier molecular flexibility index (Phi) is 1.61. The molecular formula is C6H11N3O. The van der Waals surface area contributed by atoms with Crippen LogP contribution in [0.1, 0.15) is 19.9 Å². The fourth-order valence-electron chi connectivity index (χ4n) is 0.753. The average Bonchev–Trinajstić information content (AvgIpc) is 2.14. The Morgan fingerprint density at radius 2 is 2.20 bits per heavy atom. The van der Waals surface area contributed by atoms with Gasteiger partial charge in [0, 0.05) is 13.1 Å². The molecule has 4 nitrogen and oxygen atoms in total. The SMILES string of the molecule is CC(C)n1cnn(C)c1=O. The number of hydrogen-bond acceptors (Lipinski definition) is 2. The molecule has 0 radical (unpaired) electrons. The van der Waals surface area contributed by atoms with Crippen LogP contribution in [0.3, 0.4) is 0 Å². The molecule has 10 heavy (non-hydrogen) atoms. The van der Waals surface area contributed by atoms with Crippen LogP contribution in [0.5, 0.6) is 0 Å². The molecule has 0 fully saturated rings. The van der Waals surface area contributed by atoms with Crippen LogP contribution < -0.4 is 5.69 Å². The van der Waals surface area contributed by atoms with Crippen LogP contribution in [0.25, 0.3) is 0 Å². The van der Waals surface area contributed by atoms with Crippen molar-refractivity contribution in [1.29, 1.82) is 0 Å². The molecule has 1 aromatic heterocycles. The lowest BCUT2D eigenvalue weighted by molar-refractivity contribution is 0.567. The molecule has 0 spiro atoms. The lowest BCUT2D eigenvalue weighted by atomic mass is 10.4. The normalized spacial score (nSPS) is 10.8. The van der Waals surface area contributed by atoms with Gasteiger partial charge in [0.05, 0.1) is 0 Å². The van der Waals surface area contributed by atoms with Crippen molar-refractivity contribution in [1.82, 2.24) is 14.3 Å². The smallest absolute Gasteiger partial charge is 0.279 e. The zero-order valence-corrected chi connectivity index (χ0v) is 6.40. The van der Waals surface area contributed by atoms with Crippen molar-refractivity contribution in [2.24, 2.45) is 7.05 Å². The molecule has 1 heterocycles. The first kappa shape index (κ1) is 7.05. The van der Waals surface area contributed by atoms with E-state index in [2.05, 4.69) is 5.10 Å². The Labute approximate surface area is 59.1 Å². The van der Waals surface area contributed by atoms with E-state index >= 15 is 0 Å². The van der Waals surface area contributed by atoms with Crippen LogP contribution >= 0.6 is 0 Å². The van der Waals surface area contributed by atoms with Crippen molar-refractivity contribution in [3.63, 3.8) is 0 Å². The summed E-state index contributed by atoms with van der Waals surface area (Å²) in [6, 6.07) is 0.196. The molecule has 0 amide bonds. The molecule has 1 rings (SSSR count). The number of nitrogens with zero attached hydrogens (tertiary/aromatic N) is 3. The van der Waals surface area contributed by atoms with Crippen LogP contribution in [0, 0.1) is 0 Å². The molecule has 0 bridgehead atoms. The Hall–Kier alpha value is -1.06. The summed E-state index contributed by atoms with van der Waals surface area (Å²) in [6.07, 6.45) is 1.55. The van der Waals surface area contributed by atoms with Crippen LogP contribution in [0.15, 0.2) is 11.1 Å². The van der Waals surface area contributed by atoms with Crippen LogP contribution in [0.4, 0.5) is 0 Å². The van der Waals surface area contributed by atoms with Gasteiger partial charge in [0.2, 0.25) is 0 Å². The molecule has 0 atom stereocenters. The summed E-state index contributed by atoms with van der Waals surface area (Å²) in [5.74, 6) is 0. The summed E-state index contributed by atoms with van der Waals surface area (Å²) in [6.45, 7) is 3.90. The second kappa shape index (κ2) is 2.28. The van der Waals surface area contributed by atoms with Crippen molar-refractivity contribution in [2.45, 2.75) is 19.9 Å². The van der Waals surface area contributed by atoms with E-state index in [0.717, 1.165) is 0 Å². The summed E-state index contributed by atoms with van der Waals surface area (Å²) in [5, 5.41) is 3.80. The van der Waals surface area contributed by atoms with E-state index < -0.39 is 0 Å². The molecule has 0 N–H and O–H groups in total. The Bertz CT molecular complexity index is 271. The third-order valence-corrected chi connectivity index (χ3v) is 1.40. The van der Waals surface area contributed by atoms with E-state index in [1.807, 2.05) is 13.8 Å². The summed E-state index contributed by atoms with van der Waals surface area (Å²) in [7, 11) is 1.64. The summed E-state index contributed by atoms with van der Waals surface area (Å²) in [5.41, 5.74) is -0.0602. The highest BCUT2D eigenvalue weighted by atomic mass is 16.2. The van der Waals surface area contributed by atoms with Gasteiger partial charge in [-0.25, -0.2) is 9.48 Å². The fraction of sp³-hybridized carbons (Fsp3) is 0.667. The molecule has 4 heteroatoms. The minimum Gasteiger partial charge on any atom is -0.279 e. The number of hydrogen-bond donors (Lipinski definition) is 0. The highest BCUT2D eigenvalue weighted by Crippen LogP contribution is 1.95. The van der Waals surface area contributed by atoms with Gasteiger partial charge in [-0.05, 0) is 13.8 Å². The molecule has 56 valence electrons. The maximum atomic E-state index is 11.1. The predicted molar refractivity (Wildman–Crippen MR) is 37.9 cm³/mol. The van der Waals surface area contributed by atoms with E-state index in [1.165, 1.54) is 4.68 Å². The van der Waals surface area contributed by atoms with E-state index in [4.69, 9.17) is 0 Å². The van der Waals surface area contributed by atoms with Crippen molar-refractivity contribution in [3.05, 3.63) is 16.8 Å². The summed E-state index contributed by atoms with van der Waals surface area (Å²) >= 11 is 0. The molecule has 0 aliphatic rings. The van der Waals surface area contributed by atoms with Gasteiger partial charge in [-0.1, -0.05) is 0 Å². The molecule has 0 saturated heterocycles. The molecule has 1 aromatic rings. The summed E-state index contributed by atoms with van der Waals surface area (Å²) < 4.78 is 2.90.